The fourth-order valence-electron chi connectivity index (χ4n) is 5.28. The molecule has 0 heterocycles. The molecule has 0 aromatic carbocycles. The van der Waals surface area contributed by atoms with Gasteiger partial charge in [0, 0.05) is 0 Å². The Balaban J connectivity index is 1.72. The Bertz CT molecular complexity index is 266. The van der Waals surface area contributed by atoms with Gasteiger partial charge in [-0.05, 0) is 18.7 Å². The van der Waals surface area contributed by atoms with E-state index in [0.29, 0.717) is 0 Å². The van der Waals surface area contributed by atoms with Crippen molar-refractivity contribution in [3.8, 4) is 0 Å². The molecular formula is C18H31B. The molecule has 0 aliphatic heterocycles. The first-order chi connectivity index (χ1) is 9.45. The lowest BCUT2D eigenvalue weighted by molar-refractivity contribution is 0.454. The fraction of sp³-hybridized carbons (Fsp3) is 0.889. The normalized spacial score (nSPS) is 30.4. The van der Waals surface area contributed by atoms with E-state index < -0.39 is 0 Å². The van der Waals surface area contributed by atoms with Gasteiger partial charge in [-0.25, -0.2) is 0 Å². The molecule has 1 unspecified atom stereocenters. The minimum atomic E-state index is 0.944. The summed E-state index contributed by atoms with van der Waals surface area (Å²) >= 11 is 0. The van der Waals surface area contributed by atoms with Crippen molar-refractivity contribution in [1.29, 1.82) is 0 Å². The number of hydrogen-bond acceptors (Lipinski definition) is 0. The third-order valence-electron chi connectivity index (χ3n) is 6.17. The van der Waals surface area contributed by atoms with Gasteiger partial charge in [-0.2, -0.15) is 0 Å². The van der Waals surface area contributed by atoms with E-state index >= 15 is 0 Å². The highest BCUT2D eigenvalue weighted by Crippen LogP contribution is 2.47. The van der Waals surface area contributed by atoms with Crippen molar-refractivity contribution in [1.82, 2.24) is 0 Å². The Labute approximate surface area is 120 Å². The van der Waals surface area contributed by atoms with E-state index in [1.165, 1.54) is 57.8 Å². The van der Waals surface area contributed by atoms with Crippen LogP contribution in [-0.2, 0) is 0 Å². The second-order valence-corrected chi connectivity index (χ2v) is 7.40. The smallest absolute Gasteiger partial charge is 0.0926 e. The maximum Gasteiger partial charge on any atom is 0.153 e. The first-order valence-electron chi connectivity index (χ1n) is 9.12. The first kappa shape index (κ1) is 13.8. The van der Waals surface area contributed by atoms with Gasteiger partial charge in [0.1, 0.15) is 0 Å². The summed E-state index contributed by atoms with van der Waals surface area (Å²) in [5.74, 6) is 3.09. The van der Waals surface area contributed by atoms with E-state index in [1.807, 2.05) is 0 Å². The zero-order chi connectivity index (χ0) is 12.9. The van der Waals surface area contributed by atoms with E-state index in [4.69, 9.17) is 0 Å². The van der Waals surface area contributed by atoms with Crippen molar-refractivity contribution in [2.75, 3.05) is 0 Å². The van der Waals surface area contributed by atoms with E-state index in [-0.39, 0.29) is 0 Å². The topological polar surface area (TPSA) is 0 Å². The first-order valence-corrected chi connectivity index (χ1v) is 9.12. The van der Waals surface area contributed by atoms with Gasteiger partial charge >= 0.3 is 0 Å². The molecule has 0 saturated heterocycles. The van der Waals surface area contributed by atoms with Gasteiger partial charge in [0.15, 0.2) is 6.71 Å². The van der Waals surface area contributed by atoms with Gasteiger partial charge in [0.2, 0.25) is 0 Å². The molecule has 0 radical (unpaired) electrons. The number of allylic oxidation sites excluding steroid dienone is 2. The molecule has 2 fully saturated rings. The Morgan fingerprint density at radius 1 is 0.632 bits per heavy atom. The summed E-state index contributed by atoms with van der Waals surface area (Å²) in [7, 11) is 0. The van der Waals surface area contributed by atoms with Crippen molar-refractivity contribution in [2.24, 2.45) is 0 Å². The fourth-order valence-corrected chi connectivity index (χ4v) is 5.28. The predicted octanol–water partition coefficient (Wildman–Crippen LogP) is 6.26. The number of rotatable bonds is 3. The lowest BCUT2D eigenvalue weighted by atomic mass is 9.24. The van der Waals surface area contributed by atoms with Crippen LogP contribution in [0.25, 0.3) is 0 Å². The average molecular weight is 258 g/mol. The van der Waals surface area contributed by atoms with Gasteiger partial charge < -0.3 is 0 Å². The van der Waals surface area contributed by atoms with Gasteiger partial charge in [-0.15, -0.1) is 0 Å². The van der Waals surface area contributed by atoms with Crippen molar-refractivity contribution in [3.63, 3.8) is 0 Å². The van der Waals surface area contributed by atoms with Crippen molar-refractivity contribution in [2.45, 2.75) is 101 Å². The van der Waals surface area contributed by atoms with Crippen LogP contribution in [0.1, 0.15) is 83.5 Å². The van der Waals surface area contributed by atoms with E-state index in [9.17, 15) is 0 Å². The molecule has 0 spiro atoms. The molecule has 106 valence electrons. The van der Waals surface area contributed by atoms with Gasteiger partial charge in [-0.1, -0.05) is 94.4 Å². The molecule has 3 aliphatic rings. The third kappa shape index (κ3) is 3.47. The highest BCUT2D eigenvalue weighted by atomic mass is 14.2. The van der Waals surface area contributed by atoms with Crippen molar-refractivity contribution >= 4 is 6.71 Å². The van der Waals surface area contributed by atoms with Gasteiger partial charge in [0.25, 0.3) is 0 Å². The molecule has 0 aromatic heterocycles. The van der Waals surface area contributed by atoms with E-state index in [2.05, 4.69) is 12.2 Å². The monoisotopic (exact) mass is 258 g/mol. The average Bonchev–Trinajstić information content (AvgIpc) is 2.51. The molecule has 19 heavy (non-hydrogen) atoms. The highest BCUT2D eigenvalue weighted by molar-refractivity contribution is 6.64. The minimum Gasteiger partial charge on any atom is -0.0926 e. The summed E-state index contributed by atoms with van der Waals surface area (Å²) in [5, 5.41) is 0. The predicted molar refractivity (Wildman–Crippen MR) is 86.2 cm³/mol. The van der Waals surface area contributed by atoms with Crippen LogP contribution in [0.4, 0.5) is 0 Å². The summed E-state index contributed by atoms with van der Waals surface area (Å²) in [4.78, 5) is 0. The summed E-state index contributed by atoms with van der Waals surface area (Å²) in [5.41, 5.74) is 0. The molecule has 1 atom stereocenters. The van der Waals surface area contributed by atoms with Crippen molar-refractivity contribution < 1.29 is 0 Å². The standard InChI is InChI=1S/C18H31B/c1-4-10-16(11-5-1)19(17-12-6-2-7-13-17)18-14-8-3-9-15-18/h4,10,16-18H,1-3,5-9,11-15H2. The van der Waals surface area contributed by atoms with Crippen molar-refractivity contribution in [3.05, 3.63) is 12.2 Å². The van der Waals surface area contributed by atoms with Crippen LogP contribution >= 0.6 is 0 Å². The third-order valence-corrected chi connectivity index (χ3v) is 6.17. The van der Waals surface area contributed by atoms with E-state index in [1.54, 1.807) is 25.7 Å². The molecule has 3 rings (SSSR count). The molecule has 0 amide bonds. The second kappa shape index (κ2) is 7.00. The molecule has 0 aromatic rings. The minimum absolute atomic E-state index is 0.944. The summed E-state index contributed by atoms with van der Waals surface area (Å²) < 4.78 is 0. The van der Waals surface area contributed by atoms with Gasteiger partial charge in [-0.3, -0.25) is 0 Å². The SMILES string of the molecule is C1=CC(B(C2CCCCC2)C2CCCCC2)CCC1. The van der Waals surface area contributed by atoms with Crippen LogP contribution in [0.5, 0.6) is 0 Å². The zero-order valence-electron chi connectivity index (χ0n) is 12.7. The second-order valence-electron chi connectivity index (χ2n) is 7.40. The summed E-state index contributed by atoms with van der Waals surface area (Å²) in [6.07, 6.45) is 24.7. The lowest BCUT2D eigenvalue weighted by Crippen LogP contribution is -2.34. The highest BCUT2D eigenvalue weighted by Gasteiger charge is 2.38. The molecule has 0 bridgehead atoms. The maximum atomic E-state index is 2.62. The Morgan fingerprint density at radius 3 is 1.68 bits per heavy atom. The Kier molecular flexibility index (Phi) is 5.07. The Hall–Kier alpha value is -0.195. The molecular weight excluding hydrogens is 227 g/mol. The molecule has 2 saturated carbocycles. The van der Waals surface area contributed by atoms with Crippen LogP contribution in [0, 0.1) is 0 Å². The molecule has 1 heteroatoms. The van der Waals surface area contributed by atoms with E-state index in [0.717, 1.165) is 24.2 Å². The maximum absolute atomic E-state index is 2.62. The Morgan fingerprint density at radius 2 is 1.21 bits per heavy atom. The van der Waals surface area contributed by atoms with Crippen LogP contribution in [0.2, 0.25) is 17.5 Å². The quantitative estimate of drug-likeness (QED) is 0.414. The molecule has 3 aliphatic carbocycles. The van der Waals surface area contributed by atoms with Crippen LogP contribution in [0.15, 0.2) is 12.2 Å². The largest absolute Gasteiger partial charge is 0.153 e. The van der Waals surface area contributed by atoms with Gasteiger partial charge in [0.05, 0.1) is 0 Å². The van der Waals surface area contributed by atoms with Crippen LogP contribution in [-0.4, -0.2) is 6.71 Å². The molecule has 0 N–H and O–H groups in total. The number of hydrogen-bond donors (Lipinski definition) is 0. The lowest BCUT2D eigenvalue weighted by Gasteiger charge is -2.40. The summed E-state index contributed by atoms with van der Waals surface area (Å²) in [6.45, 7) is 1.05. The summed E-state index contributed by atoms with van der Waals surface area (Å²) in [6, 6.07) is 0. The van der Waals surface area contributed by atoms with Crippen LogP contribution < -0.4 is 0 Å². The molecule has 0 nitrogen and oxygen atoms in total. The van der Waals surface area contributed by atoms with Crippen LogP contribution in [0.3, 0.4) is 0 Å². The zero-order valence-corrected chi connectivity index (χ0v) is 12.7.